The van der Waals surface area contributed by atoms with Crippen molar-refractivity contribution in [3.63, 3.8) is 0 Å². The molecule has 4 nitrogen and oxygen atoms in total. The van der Waals surface area contributed by atoms with E-state index in [1.54, 1.807) is 13.8 Å². The molecule has 1 aromatic carbocycles. The quantitative estimate of drug-likeness (QED) is 0.828. The van der Waals surface area contributed by atoms with Gasteiger partial charge in [0.1, 0.15) is 5.75 Å². The number of ether oxygens (including phenoxy) is 2. The minimum atomic E-state index is -2.79. The molecule has 1 saturated carbocycles. The van der Waals surface area contributed by atoms with Crippen LogP contribution in [-0.2, 0) is 11.3 Å². The second-order valence-electron chi connectivity index (χ2n) is 6.79. The molecule has 1 unspecified atom stereocenters. The monoisotopic (exact) mass is 340 g/mol. The van der Waals surface area contributed by atoms with Crippen LogP contribution in [0.4, 0.5) is 8.78 Å². The van der Waals surface area contributed by atoms with Crippen LogP contribution < -0.4 is 10.1 Å². The first-order valence-electron chi connectivity index (χ1n) is 8.64. The van der Waals surface area contributed by atoms with E-state index in [0.29, 0.717) is 6.54 Å². The Morgan fingerprint density at radius 1 is 1.29 bits per heavy atom. The molecule has 1 saturated heterocycles. The van der Waals surface area contributed by atoms with Gasteiger partial charge in [0.25, 0.3) is 0 Å². The molecule has 0 aromatic heterocycles. The SMILES string of the molecule is Cc1cc(CNCC2CN(C3CC3)CCO2)cc(C)c1OC(F)F. The van der Waals surface area contributed by atoms with Gasteiger partial charge in [-0.3, -0.25) is 4.90 Å². The Bertz CT molecular complexity index is 541. The minimum Gasteiger partial charge on any atom is -0.434 e. The number of nitrogens with one attached hydrogen (secondary N) is 1. The number of nitrogens with zero attached hydrogens (tertiary/aromatic N) is 1. The smallest absolute Gasteiger partial charge is 0.387 e. The Hall–Kier alpha value is -1.24. The number of aryl methyl sites for hydroxylation is 2. The molecule has 2 fully saturated rings. The second-order valence-corrected chi connectivity index (χ2v) is 6.79. The summed E-state index contributed by atoms with van der Waals surface area (Å²) >= 11 is 0. The van der Waals surface area contributed by atoms with Gasteiger partial charge in [0.2, 0.25) is 0 Å². The highest BCUT2D eigenvalue weighted by molar-refractivity contribution is 5.43. The van der Waals surface area contributed by atoms with E-state index in [-0.39, 0.29) is 11.9 Å². The third kappa shape index (κ3) is 4.65. The lowest BCUT2D eigenvalue weighted by Crippen LogP contribution is -2.47. The fraction of sp³-hybridized carbons (Fsp3) is 0.667. The van der Waals surface area contributed by atoms with Crippen LogP contribution in [0.2, 0.25) is 0 Å². The van der Waals surface area contributed by atoms with E-state index in [1.165, 1.54) is 12.8 Å². The summed E-state index contributed by atoms with van der Waals surface area (Å²) < 4.78 is 35.3. The van der Waals surface area contributed by atoms with Gasteiger partial charge in [0, 0.05) is 32.2 Å². The Labute approximate surface area is 142 Å². The van der Waals surface area contributed by atoms with Gasteiger partial charge in [-0.2, -0.15) is 8.78 Å². The summed E-state index contributed by atoms with van der Waals surface area (Å²) in [6, 6.07) is 4.58. The molecule has 1 aromatic rings. The number of alkyl halides is 2. The van der Waals surface area contributed by atoms with E-state index >= 15 is 0 Å². The largest absolute Gasteiger partial charge is 0.434 e. The minimum absolute atomic E-state index is 0.225. The zero-order valence-electron chi connectivity index (χ0n) is 14.4. The van der Waals surface area contributed by atoms with Crippen LogP contribution in [0.25, 0.3) is 0 Å². The second kappa shape index (κ2) is 7.76. The van der Waals surface area contributed by atoms with Crippen LogP contribution >= 0.6 is 0 Å². The number of hydrogen-bond acceptors (Lipinski definition) is 4. The molecule has 1 N–H and O–H groups in total. The summed E-state index contributed by atoms with van der Waals surface area (Å²) in [4.78, 5) is 2.53. The highest BCUT2D eigenvalue weighted by atomic mass is 19.3. The molecule has 3 rings (SSSR count). The van der Waals surface area contributed by atoms with Crippen molar-refractivity contribution in [2.24, 2.45) is 0 Å². The third-order valence-electron chi connectivity index (χ3n) is 4.66. The topological polar surface area (TPSA) is 33.7 Å². The summed E-state index contributed by atoms with van der Waals surface area (Å²) in [5, 5.41) is 3.43. The van der Waals surface area contributed by atoms with Gasteiger partial charge in [-0.05, 0) is 43.4 Å². The van der Waals surface area contributed by atoms with Gasteiger partial charge in [-0.15, -0.1) is 0 Å². The lowest BCUT2D eigenvalue weighted by molar-refractivity contribution is -0.0507. The van der Waals surface area contributed by atoms with E-state index in [9.17, 15) is 8.78 Å². The van der Waals surface area contributed by atoms with Crippen LogP contribution in [0.1, 0.15) is 29.5 Å². The predicted octanol–water partition coefficient (Wildman–Crippen LogP) is 2.86. The average molecular weight is 340 g/mol. The average Bonchev–Trinajstić information content (AvgIpc) is 3.36. The van der Waals surface area contributed by atoms with Gasteiger partial charge in [-0.25, -0.2) is 0 Å². The molecule has 0 bridgehead atoms. The Morgan fingerprint density at radius 3 is 2.62 bits per heavy atom. The van der Waals surface area contributed by atoms with Crippen molar-refractivity contribution in [1.29, 1.82) is 0 Å². The standard InChI is InChI=1S/C18H26F2N2O2/c1-12-7-14(8-13(2)17(12)24-18(19)20)9-21-10-16-11-22(5-6-23-16)15-3-4-15/h7-8,15-16,18,21H,3-6,9-11H2,1-2H3. The Balaban J connectivity index is 1.49. The third-order valence-corrected chi connectivity index (χ3v) is 4.66. The lowest BCUT2D eigenvalue weighted by atomic mass is 10.1. The summed E-state index contributed by atoms with van der Waals surface area (Å²) in [5.41, 5.74) is 2.54. The van der Waals surface area contributed by atoms with Gasteiger partial charge < -0.3 is 14.8 Å². The predicted molar refractivity (Wildman–Crippen MR) is 88.6 cm³/mol. The molecule has 24 heavy (non-hydrogen) atoms. The van der Waals surface area contributed by atoms with Crippen molar-refractivity contribution in [2.45, 2.75) is 52.0 Å². The van der Waals surface area contributed by atoms with Crippen LogP contribution in [0, 0.1) is 13.8 Å². The first-order valence-corrected chi connectivity index (χ1v) is 8.64. The molecule has 6 heteroatoms. The van der Waals surface area contributed by atoms with E-state index in [4.69, 9.17) is 4.74 Å². The van der Waals surface area contributed by atoms with Crippen LogP contribution in [0.5, 0.6) is 5.75 Å². The molecule has 0 spiro atoms. The number of rotatable bonds is 7. The molecule has 1 heterocycles. The molecule has 1 atom stereocenters. The van der Waals surface area contributed by atoms with E-state index in [1.807, 2.05) is 12.1 Å². The molecular weight excluding hydrogens is 314 g/mol. The summed E-state index contributed by atoms with van der Waals surface area (Å²) in [6.45, 7) is 5.15. The van der Waals surface area contributed by atoms with Crippen molar-refractivity contribution >= 4 is 0 Å². The molecular formula is C18H26F2N2O2. The summed E-state index contributed by atoms with van der Waals surface area (Å²) in [6.07, 6.45) is 2.88. The van der Waals surface area contributed by atoms with Crippen molar-refractivity contribution in [3.05, 3.63) is 28.8 Å². The molecule has 1 aliphatic heterocycles. The lowest BCUT2D eigenvalue weighted by Gasteiger charge is -2.33. The molecule has 0 amide bonds. The summed E-state index contributed by atoms with van der Waals surface area (Å²) in [5.74, 6) is 0.282. The maximum absolute atomic E-state index is 12.4. The molecule has 2 aliphatic rings. The number of hydrogen-bond donors (Lipinski definition) is 1. The van der Waals surface area contributed by atoms with Crippen molar-refractivity contribution in [1.82, 2.24) is 10.2 Å². The highest BCUT2D eigenvalue weighted by Crippen LogP contribution is 2.28. The molecule has 1 aliphatic carbocycles. The number of morpholine rings is 1. The van der Waals surface area contributed by atoms with Crippen molar-refractivity contribution < 1.29 is 18.3 Å². The van der Waals surface area contributed by atoms with E-state index in [0.717, 1.165) is 49.0 Å². The van der Waals surface area contributed by atoms with Crippen molar-refractivity contribution in [2.75, 3.05) is 26.2 Å². The highest BCUT2D eigenvalue weighted by Gasteiger charge is 2.32. The number of halogens is 2. The van der Waals surface area contributed by atoms with E-state index < -0.39 is 6.61 Å². The van der Waals surface area contributed by atoms with E-state index in [2.05, 4.69) is 15.0 Å². The zero-order valence-corrected chi connectivity index (χ0v) is 14.4. The van der Waals surface area contributed by atoms with Gasteiger partial charge in [0.05, 0.1) is 12.7 Å². The summed E-state index contributed by atoms with van der Waals surface area (Å²) in [7, 11) is 0. The van der Waals surface area contributed by atoms with Gasteiger partial charge in [-0.1, -0.05) is 12.1 Å². The first kappa shape index (κ1) is 17.6. The normalized spacial score (nSPS) is 22.1. The number of benzene rings is 1. The Kier molecular flexibility index (Phi) is 5.69. The van der Waals surface area contributed by atoms with Crippen LogP contribution in [-0.4, -0.2) is 49.9 Å². The fourth-order valence-electron chi connectivity index (χ4n) is 3.43. The molecule has 134 valence electrons. The zero-order chi connectivity index (χ0) is 17.1. The fourth-order valence-corrected chi connectivity index (χ4v) is 3.43. The maximum atomic E-state index is 12.4. The maximum Gasteiger partial charge on any atom is 0.387 e. The van der Waals surface area contributed by atoms with Crippen LogP contribution in [0.15, 0.2) is 12.1 Å². The van der Waals surface area contributed by atoms with Crippen LogP contribution in [0.3, 0.4) is 0 Å². The molecule has 0 radical (unpaired) electrons. The van der Waals surface area contributed by atoms with Gasteiger partial charge >= 0.3 is 6.61 Å². The Morgan fingerprint density at radius 2 is 2.00 bits per heavy atom. The van der Waals surface area contributed by atoms with Crippen molar-refractivity contribution in [3.8, 4) is 5.75 Å². The van der Waals surface area contributed by atoms with Gasteiger partial charge in [0.15, 0.2) is 0 Å². The first-order chi connectivity index (χ1) is 11.5.